The fourth-order valence-electron chi connectivity index (χ4n) is 9.22. The van der Waals surface area contributed by atoms with Gasteiger partial charge in [0, 0.05) is 11.6 Å². The second kappa shape index (κ2) is 7.20. The lowest BCUT2D eigenvalue weighted by Gasteiger charge is -2.60. The van der Waals surface area contributed by atoms with Crippen LogP contribution in [0.5, 0.6) is 0 Å². The monoisotopic (exact) mass is 426 g/mol. The van der Waals surface area contributed by atoms with E-state index >= 15 is 0 Å². The van der Waals surface area contributed by atoms with Gasteiger partial charge in [-0.3, -0.25) is 0 Å². The molecule has 0 aromatic heterocycles. The van der Waals surface area contributed by atoms with E-state index in [2.05, 4.69) is 92.0 Å². The minimum atomic E-state index is 0.142. The summed E-state index contributed by atoms with van der Waals surface area (Å²) < 4.78 is 0. The lowest BCUT2D eigenvalue weighted by Crippen LogP contribution is -2.60. The summed E-state index contributed by atoms with van der Waals surface area (Å²) in [6.07, 6.45) is 14.6. The molecule has 0 unspecified atom stereocenters. The Morgan fingerprint density at radius 2 is 1.61 bits per heavy atom. The van der Waals surface area contributed by atoms with Crippen molar-refractivity contribution in [3.8, 4) is 0 Å². The van der Waals surface area contributed by atoms with Crippen molar-refractivity contribution in [1.29, 1.82) is 0 Å². The third kappa shape index (κ3) is 2.96. The van der Waals surface area contributed by atoms with Crippen LogP contribution in [0.25, 0.3) is 0 Å². The van der Waals surface area contributed by atoms with E-state index in [9.17, 15) is 0 Å². The standard InChI is InChI=1S/C29H50N2/c1-25(2)22-12-13-23-21(19-20(22)11-14-24(25)31(9)10)15-16-29(7)27(23,5)17-18-28(29,6)26(3,4)30-8/h15,19,22-24,30H,11-14,16-18H2,1-10H3/t22-,23-,24+,27+,28-,29+/m1/s1. The van der Waals surface area contributed by atoms with E-state index < -0.39 is 0 Å². The van der Waals surface area contributed by atoms with E-state index in [1.165, 1.54) is 44.9 Å². The van der Waals surface area contributed by atoms with Gasteiger partial charge in [-0.15, -0.1) is 0 Å². The lowest BCUT2D eigenvalue weighted by atomic mass is 9.46. The molecule has 6 atom stereocenters. The molecular formula is C29H50N2. The Morgan fingerprint density at radius 3 is 2.23 bits per heavy atom. The number of hydrogen-bond donors (Lipinski definition) is 1. The number of rotatable bonds is 3. The topological polar surface area (TPSA) is 15.3 Å². The van der Waals surface area contributed by atoms with E-state index in [4.69, 9.17) is 0 Å². The number of nitrogens with zero attached hydrogens (tertiary/aromatic N) is 1. The van der Waals surface area contributed by atoms with Crippen LogP contribution < -0.4 is 5.32 Å². The molecule has 2 saturated carbocycles. The smallest absolute Gasteiger partial charge is 0.0181 e. The first kappa shape index (κ1) is 23.6. The molecule has 1 N–H and O–H groups in total. The van der Waals surface area contributed by atoms with Crippen molar-refractivity contribution in [3.63, 3.8) is 0 Å². The summed E-state index contributed by atoms with van der Waals surface area (Å²) >= 11 is 0. The number of hydrogen-bond acceptors (Lipinski definition) is 2. The molecule has 0 amide bonds. The number of fused-ring (bicyclic) bond motifs is 4. The molecule has 0 radical (unpaired) electrons. The molecular weight excluding hydrogens is 376 g/mol. The Morgan fingerprint density at radius 1 is 0.968 bits per heavy atom. The fourth-order valence-corrected chi connectivity index (χ4v) is 9.22. The Labute approximate surface area is 193 Å². The largest absolute Gasteiger partial charge is 0.314 e. The molecule has 31 heavy (non-hydrogen) atoms. The highest BCUT2D eigenvalue weighted by Crippen LogP contribution is 2.73. The Balaban J connectivity index is 1.72. The second-order valence-corrected chi connectivity index (χ2v) is 13.6. The first-order valence-corrected chi connectivity index (χ1v) is 13.0. The van der Waals surface area contributed by atoms with E-state index in [0.29, 0.717) is 33.6 Å². The van der Waals surface area contributed by atoms with E-state index in [-0.39, 0.29) is 5.54 Å². The van der Waals surface area contributed by atoms with Gasteiger partial charge in [-0.1, -0.05) is 52.3 Å². The summed E-state index contributed by atoms with van der Waals surface area (Å²) in [6.45, 7) is 17.9. The summed E-state index contributed by atoms with van der Waals surface area (Å²) in [5, 5.41) is 3.71. The third-order valence-corrected chi connectivity index (χ3v) is 12.2. The molecule has 176 valence electrons. The van der Waals surface area contributed by atoms with Crippen molar-refractivity contribution in [2.45, 2.75) is 105 Å². The van der Waals surface area contributed by atoms with E-state index in [0.717, 1.165) is 5.92 Å². The van der Waals surface area contributed by atoms with Gasteiger partial charge in [0.05, 0.1) is 0 Å². The molecule has 0 aromatic rings. The van der Waals surface area contributed by atoms with Gasteiger partial charge in [-0.25, -0.2) is 0 Å². The number of allylic oxidation sites excluding steroid dienone is 4. The maximum Gasteiger partial charge on any atom is 0.0181 e. The van der Waals surface area contributed by atoms with Crippen LogP contribution in [-0.4, -0.2) is 37.6 Å². The highest BCUT2D eigenvalue weighted by molar-refractivity contribution is 5.38. The van der Waals surface area contributed by atoms with Crippen molar-refractivity contribution >= 4 is 0 Å². The zero-order valence-electron chi connectivity index (χ0n) is 22.3. The molecule has 2 heteroatoms. The SMILES string of the molecule is CNC(C)(C)[C@@]1(C)CC[C@@]2(C)[C@@H]3CC[C@@H]4C(=CC3=CC[C@@]21C)CC[C@H](N(C)C)C4(C)C. The normalized spacial score (nSPS) is 44.7. The average molecular weight is 427 g/mol. The van der Waals surface area contributed by atoms with Crippen LogP contribution in [0.1, 0.15) is 93.4 Å². The molecule has 0 saturated heterocycles. The van der Waals surface area contributed by atoms with E-state index in [1.807, 2.05) is 0 Å². The van der Waals surface area contributed by atoms with Crippen LogP contribution in [-0.2, 0) is 0 Å². The van der Waals surface area contributed by atoms with Crippen molar-refractivity contribution in [2.75, 3.05) is 21.1 Å². The van der Waals surface area contributed by atoms with Crippen LogP contribution in [0.4, 0.5) is 0 Å². The summed E-state index contributed by atoms with van der Waals surface area (Å²) in [7, 11) is 6.74. The molecule has 2 nitrogen and oxygen atoms in total. The molecule has 4 aliphatic rings. The highest BCUT2D eigenvalue weighted by Gasteiger charge is 2.68. The molecule has 0 aromatic carbocycles. The Bertz CT molecular complexity index is 787. The Hall–Kier alpha value is -0.600. The summed E-state index contributed by atoms with van der Waals surface area (Å²) in [5.41, 5.74) is 4.97. The zero-order valence-corrected chi connectivity index (χ0v) is 22.3. The minimum absolute atomic E-state index is 0.142. The van der Waals surface area contributed by atoms with Crippen molar-refractivity contribution in [2.24, 2.45) is 33.5 Å². The molecule has 0 spiro atoms. The van der Waals surface area contributed by atoms with Gasteiger partial charge >= 0.3 is 0 Å². The van der Waals surface area contributed by atoms with Crippen LogP contribution in [0.15, 0.2) is 23.3 Å². The Kier molecular flexibility index (Phi) is 5.47. The average Bonchev–Trinajstić information content (AvgIpc) is 2.83. The van der Waals surface area contributed by atoms with Gasteiger partial charge in [-0.05, 0) is 119 Å². The number of nitrogens with one attached hydrogen (secondary N) is 1. The van der Waals surface area contributed by atoms with Gasteiger partial charge in [0.2, 0.25) is 0 Å². The first-order valence-electron chi connectivity index (χ1n) is 13.0. The van der Waals surface area contributed by atoms with E-state index in [1.54, 1.807) is 11.1 Å². The van der Waals surface area contributed by atoms with Crippen LogP contribution in [0, 0.1) is 33.5 Å². The zero-order chi connectivity index (χ0) is 23.0. The van der Waals surface area contributed by atoms with Gasteiger partial charge in [-0.2, -0.15) is 0 Å². The molecule has 4 aliphatic carbocycles. The quantitative estimate of drug-likeness (QED) is 0.532. The minimum Gasteiger partial charge on any atom is -0.314 e. The molecule has 4 rings (SSSR count). The van der Waals surface area contributed by atoms with Crippen molar-refractivity contribution in [3.05, 3.63) is 23.3 Å². The lowest BCUT2D eigenvalue weighted by molar-refractivity contribution is -0.0717. The van der Waals surface area contributed by atoms with Crippen molar-refractivity contribution in [1.82, 2.24) is 10.2 Å². The molecule has 0 bridgehead atoms. The van der Waals surface area contributed by atoms with Crippen molar-refractivity contribution < 1.29 is 0 Å². The maximum absolute atomic E-state index is 3.71. The predicted octanol–water partition coefficient (Wildman–Crippen LogP) is 6.83. The van der Waals surface area contributed by atoms with Crippen LogP contribution in [0.2, 0.25) is 0 Å². The predicted molar refractivity (Wildman–Crippen MR) is 134 cm³/mol. The second-order valence-electron chi connectivity index (χ2n) is 13.6. The highest BCUT2D eigenvalue weighted by atomic mass is 15.1. The van der Waals surface area contributed by atoms with Crippen LogP contribution >= 0.6 is 0 Å². The fraction of sp³-hybridized carbons (Fsp3) is 0.862. The summed E-state index contributed by atoms with van der Waals surface area (Å²) in [6, 6.07) is 0.691. The molecule has 0 aliphatic heterocycles. The molecule has 0 heterocycles. The third-order valence-electron chi connectivity index (χ3n) is 12.2. The maximum atomic E-state index is 3.71. The van der Waals surface area contributed by atoms with Gasteiger partial charge in [0.1, 0.15) is 0 Å². The summed E-state index contributed by atoms with van der Waals surface area (Å²) in [4.78, 5) is 2.49. The van der Waals surface area contributed by atoms with Gasteiger partial charge in [0.15, 0.2) is 0 Å². The van der Waals surface area contributed by atoms with Gasteiger partial charge in [0.25, 0.3) is 0 Å². The van der Waals surface area contributed by atoms with Crippen LogP contribution in [0.3, 0.4) is 0 Å². The first-order chi connectivity index (χ1) is 14.2. The molecule has 2 fully saturated rings. The summed E-state index contributed by atoms with van der Waals surface area (Å²) in [5.74, 6) is 1.45. The van der Waals surface area contributed by atoms with Gasteiger partial charge < -0.3 is 10.2 Å².